The van der Waals surface area contributed by atoms with Crippen molar-refractivity contribution in [1.82, 2.24) is 0 Å². The number of nitrogens with one attached hydrogen (secondary N) is 1. The average Bonchev–Trinajstić information content (AvgIpc) is 2.94. The van der Waals surface area contributed by atoms with E-state index in [9.17, 15) is 4.79 Å². The quantitative estimate of drug-likeness (QED) is 0.906. The van der Waals surface area contributed by atoms with Gasteiger partial charge in [0.05, 0.1) is 11.3 Å². The van der Waals surface area contributed by atoms with Gasteiger partial charge >= 0.3 is 0 Å². The molecule has 98 valence electrons. The molecule has 0 bridgehead atoms. The lowest BCUT2D eigenvalue weighted by Crippen LogP contribution is -2.12. The van der Waals surface area contributed by atoms with Crippen LogP contribution in [-0.2, 0) is 0 Å². The molecule has 0 saturated carbocycles. The van der Waals surface area contributed by atoms with Crippen LogP contribution in [0, 0.1) is 11.3 Å². The third kappa shape index (κ3) is 2.15. The lowest BCUT2D eigenvalue weighted by atomic mass is 10.1. The topological polar surface area (TPSA) is 71.4 Å². The second kappa shape index (κ2) is 4.94. The van der Waals surface area contributed by atoms with Crippen molar-refractivity contribution in [2.75, 3.05) is 12.1 Å². The summed E-state index contributed by atoms with van der Waals surface area (Å²) in [6.45, 7) is 0.121. The van der Waals surface area contributed by atoms with Gasteiger partial charge in [0, 0.05) is 17.7 Å². The molecule has 0 atom stereocenters. The number of amides is 1. The zero-order chi connectivity index (χ0) is 13.9. The van der Waals surface area contributed by atoms with Gasteiger partial charge in [-0.25, -0.2) is 0 Å². The van der Waals surface area contributed by atoms with E-state index in [0.29, 0.717) is 28.3 Å². The van der Waals surface area contributed by atoms with E-state index in [2.05, 4.69) is 5.32 Å². The fraction of sp³-hybridized carbons (Fsp3) is 0.0667. The Labute approximate surface area is 115 Å². The molecular weight excluding hydrogens is 256 g/mol. The minimum atomic E-state index is -0.277. The molecule has 0 aromatic heterocycles. The molecule has 0 spiro atoms. The van der Waals surface area contributed by atoms with Gasteiger partial charge in [0.1, 0.15) is 6.07 Å². The lowest BCUT2D eigenvalue weighted by Gasteiger charge is -2.08. The van der Waals surface area contributed by atoms with Crippen molar-refractivity contribution < 1.29 is 14.3 Å². The van der Waals surface area contributed by atoms with Crippen LogP contribution in [0.5, 0.6) is 11.5 Å². The van der Waals surface area contributed by atoms with Crippen molar-refractivity contribution in [1.29, 1.82) is 5.26 Å². The number of hydrogen-bond acceptors (Lipinski definition) is 4. The number of carbonyl (C=O) groups is 1. The number of anilines is 1. The molecule has 1 amide bonds. The monoisotopic (exact) mass is 266 g/mol. The van der Waals surface area contributed by atoms with Gasteiger partial charge in [-0.05, 0) is 12.1 Å². The van der Waals surface area contributed by atoms with Gasteiger partial charge in [0.25, 0.3) is 5.91 Å². The average molecular weight is 266 g/mol. The summed E-state index contributed by atoms with van der Waals surface area (Å²) in [5.74, 6) is 0.757. The van der Waals surface area contributed by atoms with E-state index in [1.54, 1.807) is 36.4 Å². The number of carbonyl (C=O) groups excluding carboxylic acids is 1. The second-order valence-corrected chi connectivity index (χ2v) is 4.18. The van der Waals surface area contributed by atoms with Crippen LogP contribution in [-0.4, -0.2) is 12.7 Å². The Hall–Kier alpha value is -3.00. The van der Waals surface area contributed by atoms with E-state index in [1.807, 2.05) is 12.1 Å². The molecule has 5 nitrogen and oxygen atoms in total. The summed E-state index contributed by atoms with van der Waals surface area (Å²) >= 11 is 0. The molecule has 0 fully saturated rings. The summed E-state index contributed by atoms with van der Waals surface area (Å²) in [7, 11) is 0. The van der Waals surface area contributed by atoms with E-state index in [0.717, 1.165) is 0 Å². The molecule has 1 heterocycles. The molecule has 20 heavy (non-hydrogen) atoms. The molecule has 0 aliphatic carbocycles. The van der Waals surface area contributed by atoms with Crippen LogP contribution in [0.15, 0.2) is 42.5 Å². The SMILES string of the molecule is N#Cc1cc2c(cc1NC(=O)c1ccccc1)OCO2. The first-order chi connectivity index (χ1) is 9.78. The standard InChI is InChI=1S/C15H10N2O3/c16-8-11-6-13-14(20-9-19-13)7-12(11)17-15(18)10-4-2-1-3-5-10/h1-7H,9H2,(H,17,18). The number of ether oxygens (including phenoxy) is 2. The fourth-order valence-electron chi connectivity index (χ4n) is 1.92. The lowest BCUT2D eigenvalue weighted by molar-refractivity contribution is 0.102. The molecule has 1 N–H and O–H groups in total. The number of rotatable bonds is 2. The largest absolute Gasteiger partial charge is 0.454 e. The van der Waals surface area contributed by atoms with Crippen LogP contribution in [0.25, 0.3) is 0 Å². The first-order valence-corrected chi connectivity index (χ1v) is 5.98. The van der Waals surface area contributed by atoms with Crippen molar-refractivity contribution in [3.8, 4) is 17.6 Å². The Balaban J connectivity index is 1.91. The second-order valence-electron chi connectivity index (χ2n) is 4.18. The van der Waals surface area contributed by atoms with E-state index in [1.165, 1.54) is 0 Å². The summed E-state index contributed by atoms with van der Waals surface area (Å²) < 4.78 is 10.4. The highest BCUT2D eigenvalue weighted by Gasteiger charge is 2.18. The molecular formula is C15H10N2O3. The highest BCUT2D eigenvalue weighted by Crippen LogP contribution is 2.36. The number of hydrogen-bond donors (Lipinski definition) is 1. The maximum atomic E-state index is 12.1. The van der Waals surface area contributed by atoms with Crippen LogP contribution >= 0.6 is 0 Å². The van der Waals surface area contributed by atoms with Gasteiger partial charge in [-0.1, -0.05) is 18.2 Å². The molecule has 3 rings (SSSR count). The minimum Gasteiger partial charge on any atom is -0.454 e. The van der Waals surface area contributed by atoms with Crippen LogP contribution in [0.2, 0.25) is 0 Å². The third-order valence-electron chi connectivity index (χ3n) is 2.92. The van der Waals surface area contributed by atoms with Gasteiger partial charge in [0.15, 0.2) is 11.5 Å². The molecule has 0 radical (unpaired) electrons. The fourth-order valence-corrected chi connectivity index (χ4v) is 1.92. The predicted octanol–water partition coefficient (Wildman–Crippen LogP) is 2.54. The maximum Gasteiger partial charge on any atom is 0.255 e. The van der Waals surface area contributed by atoms with Crippen LogP contribution < -0.4 is 14.8 Å². The highest BCUT2D eigenvalue weighted by molar-refractivity contribution is 6.05. The van der Waals surface area contributed by atoms with Crippen molar-refractivity contribution >= 4 is 11.6 Å². The van der Waals surface area contributed by atoms with Crippen LogP contribution in [0.3, 0.4) is 0 Å². The van der Waals surface area contributed by atoms with Crippen molar-refractivity contribution in [3.05, 3.63) is 53.6 Å². The normalized spacial score (nSPS) is 11.8. The zero-order valence-electron chi connectivity index (χ0n) is 10.4. The van der Waals surface area contributed by atoms with Crippen molar-refractivity contribution in [2.24, 2.45) is 0 Å². The van der Waals surface area contributed by atoms with E-state index in [-0.39, 0.29) is 12.7 Å². The summed E-state index contributed by atoms with van der Waals surface area (Å²) in [4.78, 5) is 12.1. The first-order valence-electron chi connectivity index (χ1n) is 5.98. The molecule has 0 unspecified atom stereocenters. The number of benzene rings is 2. The Morgan fingerprint density at radius 3 is 2.55 bits per heavy atom. The first kappa shape index (κ1) is 12.1. The van der Waals surface area contributed by atoms with E-state index >= 15 is 0 Å². The summed E-state index contributed by atoms with van der Waals surface area (Å²) in [5, 5.41) is 11.8. The molecule has 0 saturated heterocycles. The predicted molar refractivity (Wildman–Crippen MR) is 71.7 cm³/mol. The summed E-state index contributed by atoms with van der Waals surface area (Å²) in [6.07, 6.45) is 0. The Morgan fingerprint density at radius 1 is 1.15 bits per heavy atom. The van der Waals surface area contributed by atoms with Gasteiger partial charge in [-0.3, -0.25) is 4.79 Å². The smallest absolute Gasteiger partial charge is 0.255 e. The zero-order valence-corrected chi connectivity index (χ0v) is 10.4. The summed E-state index contributed by atoms with van der Waals surface area (Å²) in [5.41, 5.74) is 1.26. The van der Waals surface area contributed by atoms with E-state index in [4.69, 9.17) is 14.7 Å². The molecule has 5 heteroatoms. The third-order valence-corrected chi connectivity index (χ3v) is 2.92. The van der Waals surface area contributed by atoms with Gasteiger partial charge in [0.2, 0.25) is 6.79 Å². The van der Waals surface area contributed by atoms with Crippen LogP contribution in [0.1, 0.15) is 15.9 Å². The van der Waals surface area contributed by atoms with Gasteiger partial charge < -0.3 is 14.8 Å². The number of nitriles is 1. The molecule has 1 aliphatic heterocycles. The van der Waals surface area contributed by atoms with Crippen LogP contribution in [0.4, 0.5) is 5.69 Å². The molecule has 1 aliphatic rings. The van der Waals surface area contributed by atoms with Gasteiger partial charge in [-0.15, -0.1) is 0 Å². The van der Waals surface area contributed by atoms with Crippen molar-refractivity contribution in [3.63, 3.8) is 0 Å². The highest BCUT2D eigenvalue weighted by atomic mass is 16.7. The molecule has 2 aromatic carbocycles. The Kier molecular flexibility index (Phi) is 2.98. The van der Waals surface area contributed by atoms with Gasteiger partial charge in [-0.2, -0.15) is 5.26 Å². The minimum absolute atomic E-state index is 0.121. The molecule has 2 aromatic rings. The Bertz CT molecular complexity index is 705. The maximum absolute atomic E-state index is 12.1. The summed E-state index contributed by atoms with van der Waals surface area (Å²) in [6, 6.07) is 14.0. The van der Waals surface area contributed by atoms with Crippen molar-refractivity contribution in [2.45, 2.75) is 0 Å². The van der Waals surface area contributed by atoms with E-state index < -0.39 is 0 Å². The Morgan fingerprint density at radius 2 is 1.85 bits per heavy atom. The number of fused-ring (bicyclic) bond motifs is 1. The number of nitrogens with zero attached hydrogens (tertiary/aromatic N) is 1.